The highest BCUT2D eigenvalue weighted by Crippen LogP contribution is 2.16. The maximum Gasteiger partial charge on any atom is 0.162 e. The molecule has 72 valence electrons. The van der Waals surface area contributed by atoms with Gasteiger partial charge in [0, 0.05) is 6.04 Å². The van der Waals surface area contributed by atoms with E-state index in [1.54, 1.807) is 0 Å². The Kier molecular flexibility index (Phi) is 3.09. The number of nitrogens with one attached hydrogen (secondary N) is 1. The summed E-state index contributed by atoms with van der Waals surface area (Å²) in [5.41, 5.74) is 0. The lowest BCUT2D eigenvalue weighted by Crippen LogP contribution is -2.50. The van der Waals surface area contributed by atoms with Gasteiger partial charge in [0.25, 0.3) is 0 Å². The highest BCUT2D eigenvalue weighted by molar-refractivity contribution is 4.74. The molecule has 0 radical (unpaired) electrons. The smallest absolute Gasteiger partial charge is 0.162 e. The van der Waals surface area contributed by atoms with Gasteiger partial charge in [0.2, 0.25) is 0 Å². The maximum atomic E-state index is 5.49. The van der Waals surface area contributed by atoms with E-state index < -0.39 is 5.79 Å². The molecule has 1 N–H and O–H groups in total. The number of ether oxygens (including phenoxy) is 2. The minimum atomic E-state index is -0.394. The van der Waals surface area contributed by atoms with Crippen LogP contribution in [0.1, 0.15) is 27.7 Å². The first-order valence-electron chi connectivity index (χ1n) is 4.53. The molecule has 1 heterocycles. The molecule has 0 aromatic heterocycles. The fourth-order valence-electron chi connectivity index (χ4n) is 1.26. The van der Waals surface area contributed by atoms with E-state index in [0.717, 1.165) is 13.2 Å². The molecule has 0 atom stereocenters. The monoisotopic (exact) mass is 173 g/mol. The lowest BCUT2D eigenvalue weighted by Gasteiger charge is -2.36. The zero-order chi connectivity index (χ0) is 9.19. The van der Waals surface area contributed by atoms with Gasteiger partial charge in [-0.25, -0.2) is 0 Å². The molecular formula is C9H19NO2. The average molecular weight is 173 g/mol. The predicted octanol–water partition coefficient (Wildman–Crippen LogP) is 1.14. The van der Waals surface area contributed by atoms with Gasteiger partial charge in [-0.2, -0.15) is 0 Å². The Hall–Kier alpha value is -0.120. The van der Waals surface area contributed by atoms with Crippen LogP contribution in [0.3, 0.4) is 0 Å². The Balaban J connectivity index is 2.27. The molecule has 3 nitrogen and oxygen atoms in total. The molecule has 0 aromatic rings. The quantitative estimate of drug-likeness (QED) is 0.679. The summed E-state index contributed by atoms with van der Waals surface area (Å²) in [6.45, 7) is 9.62. The third kappa shape index (κ3) is 3.09. The summed E-state index contributed by atoms with van der Waals surface area (Å²) in [6.07, 6.45) is 0. The molecule has 1 aliphatic heterocycles. The zero-order valence-electron chi connectivity index (χ0n) is 8.39. The summed E-state index contributed by atoms with van der Waals surface area (Å²) in [4.78, 5) is 0. The van der Waals surface area contributed by atoms with Gasteiger partial charge in [-0.15, -0.1) is 0 Å². The molecule has 0 bridgehead atoms. The molecule has 0 unspecified atom stereocenters. The van der Waals surface area contributed by atoms with E-state index in [2.05, 4.69) is 19.2 Å². The Morgan fingerprint density at radius 1 is 1.25 bits per heavy atom. The van der Waals surface area contributed by atoms with Crippen molar-refractivity contribution in [2.24, 2.45) is 0 Å². The van der Waals surface area contributed by atoms with Crippen LogP contribution in [0, 0.1) is 0 Å². The van der Waals surface area contributed by atoms with E-state index in [0.29, 0.717) is 12.1 Å². The number of rotatable bonds is 2. The van der Waals surface area contributed by atoms with Crippen LogP contribution >= 0.6 is 0 Å². The largest absolute Gasteiger partial charge is 0.349 e. The standard InChI is InChI=1S/C9H19NO2/c1-7(2)10-8-5-11-9(3,4)12-6-8/h7-8,10H,5-6H2,1-4H3. The van der Waals surface area contributed by atoms with E-state index in [1.807, 2.05) is 13.8 Å². The first-order chi connectivity index (χ1) is 5.49. The van der Waals surface area contributed by atoms with Crippen LogP contribution < -0.4 is 5.32 Å². The second kappa shape index (κ2) is 3.73. The molecule has 12 heavy (non-hydrogen) atoms. The van der Waals surface area contributed by atoms with Crippen LogP contribution in [0.5, 0.6) is 0 Å². The van der Waals surface area contributed by atoms with Crippen molar-refractivity contribution in [3.8, 4) is 0 Å². The molecule has 0 aromatic carbocycles. The third-order valence-electron chi connectivity index (χ3n) is 1.83. The molecule has 0 aliphatic carbocycles. The van der Waals surface area contributed by atoms with Crippen molar-refractivity contribution in [1.29, 1.82) is 0 Å². The summed E-state index contributed by atoms with van der Waals surface area (Å²) in [5, 5.41) is 3.37. The summed E-state index contributed by atoms with van der Waals surface area (Å²) < 4.78 is 11.0. The molecule has 1 saturated heterocycles. The minimum Gasteiger partial charge on any atom is -0.349 e. The Labute approximate surface area is 74.4 Å². The number of hydrogen-bond acceptors (Lipinski definition) is 3. The molecular weight excluding hydrogens is 154 g/mol. The topological polar surface area (TPSA) is 30.5 Å². The first kappa shape index (κ1) is 9.96. The van der Waals surface area contributed by atoms with E-state index >= 15 is 0 Å². The van der Waals surface area contributed by atoms with Crippen molar-refractivity contribution in [2.75, 3.05) is 13.2 Å². The molecule has 0 saturated carbocycles. The number of hydrogen-bond donors (Lipinski definition) is 1. The minimum absolute atomic E-state index is 0.345. The van der Waals surface area contributed by atoms with Crippen LogP contribution in [0.4, 0.5) is 0 Å². The molecule has 0 spiro atoms. The second-order valence-electron chi connectivity index (χ2n) is 4.04. The third-order valence-corrected chi connectivity index (χ3v) is 1.83. The predicted molar refractivity (Wildman–Crippen MR) is 48.0 cm³/mol. The van der Waals surface area contributed by atoms with Crippen LogP contribution in [-0.2, 0) is 9.47 Å². The van der Waals surface area contributed by atoms with Gasteiger partial charge in [0.15, 0.2) is 5.79 Å². The maximum absolute atomic E-state index is 5.49. The lowest BCUT2D eigenvalue weighted by molar-refractivity contribution is -0.253. The van der Waals surface area contributed by atoms with E-state index in [4.69, 9.17) is 9.47 Å². The Morgan fingerprint density at radius 3 is 2.17 bits per heavy atom. The molecule has 0 amide bonds. The van der Waals surface area contributed by atoms with E-state index in [9.17, 15) is 0 Å². The summed E-state index contributed by atoms with van der Waals surface area (Å²) >= 11 is 0. The van der Waals surface area contributed by atoms with Gasteiger partial charge in [-0.05, 0) is 13.8 Å². The van der Waals surface area contributed by atoms with Gasteiger partial charge < -0.3 is 14.8 Å². The average Bonchev–Trinajstić information content (AvgIpc) is 1.93. The summed E-state index contributed by atoms with van der Waals surface area (Å²) in [7, 11) is 0. The van der Waals surface area contributed by atoms with Gasteiger partial charge in [-0.1, -0.05) is 13.8 Å². The van der Waals surface area contributed by atoms with Crippen LogP contribution in [0.25, 0.3) is 0 Å². The van der Waals surface area contributed by atoms with Crippen molar-refractivity contribution < 1.29 is 9.47 Å². The van der Waals surface area contributed by atoms with E-state index in [-0.39, 0.29) is 0 Å². The highest BCUT2D eigenvalue weighted by atomic mass is 16.7. The fourth-order valence-corrected chi connectivity index (χ4v) is 1.26. The summed E-state index contributed by atoms with van der Waals surface area (Å²) in [5.74, 6) is -0.394. The van der Waals surface area contributed by atoms with Gasteiger partial charge in [-0.3, -0.25) is 0 Å². The molecule has 3 heteroatoms. The Bertz CT molecular complexity index is 135. The lowest BCUT2D eigenvalue weighted by atomic mass is 10.2. The van der Waals surface area contributed by atoms with Crippen LogP contribution in [0.15, 0.2) is 0 Å². The highest BCUT2D eigenvalue weighted by Gasteiger charge is 2.28. The molecule has 1 rings (SSSR count). The first-order valence-corrected chi connectivity index (χ1v) is 4.53. The Morgan fingerprint density at radius 2 is 1.75 bits per heavy atom. The van der Waals surface area contributed by atoms with Crippen molar-refractivity contribution >= 4 is 0 Å². The van der Waals surface area contributed by atoms with Gasteiger partial charge in [0.05, 0.1) is 19.3 Å². The van der Waals surface area contributed by atoms with E-state index in [1.165, 1.54) is 0 Å². The summed E-state index contributed by atoms with van der Waals surface area (Å²) in [6, 6.07) is 0.835. The van der Waals surface area contributed by atoms with Crippen molar-refractivity contribution in [2.45, 2.75) is 45.6 Å². The van der Waals surface area contributed by atoms with Gasteiger partial charge in [0.1, 0.15) is 0 Å². The van der Waals surface area contributed by atoms with Gasteiger partial charge >= 0.3 is 0 Å². The van der Waals surface area contributed by atoms with Crippen molar-refractivity contribution in [3.63, 3.8) is 0 Å². The second-order valence-corrected chi connectivity index (χ2v) is 4.04. The fraction of sp³-hybridized carbons (Fsp3) is 1.00. The molecule has 1 aliphatic rings. The van der Waals surface area contributed by atoms with Crippen LogP contribution in [0.2, 0.25) is 0 Å². The molecule has 1 fully saturated rings. The van der Waals surface area contributed by atoms with Crippen LogP contribution in [-0.4, -0.2) is 31.1 Å². The van der Waals surface area contributed by atoms with Crippen molar-refractivity contribution in [1.82, 2.24) is 5.32 Å². The SMILES string of the molecule is CC(C)NC1COC(C)(C)OC1. The van der Waals surface area contributed by atoms with Crippen molar-refractivity contribution in [3.05, 3.63) is 0 Å². The normalized spacial score (nSPS) is 24.8. The zero-order valence-corrected chi connectivity index (χ0v) is 8.39.